The molecule has 2 aromatic carbocycles. The molecule has 2 N–H and O–H groups in total. The SMILES string of the molecule is Cc1ccc(NCC(=O)Nc2ccc(N3CCCC3)cc2)cc1Br. The van der Waals surface area contributed by atoms with Gasteiger partial charge in [0, 0.05) is 34.6 Å². The van der Waals surface area contributed by atoms with Crippen molar-refractivity contribution < 1.29 is 4.79 Å². The van der Waals surface area contributed by atoms with Gasteiger partial charge in [0.1, 0.15) is 0 Å². The molecule has 1 aliphatic rings. The fourth-order valence-electron chi connectivity index (χ4n) is 2.82. The molecule has 1 fully saturated rings. The van der Waals surface area contributed by atoms with Crippen LogP contribution in [-0.4, -0.2) is 25.5 Å². The highest BCUT2D eigenvalue weighted by Crippen LogP contribution is 2.22. The summed E-state index contributed by atoms with van der Waals surface area (Å²) in [6, 6.07) is 14.0. The first-order valence-corrected chi connectivity index (χ1v) is 9.06. The van der Waals surface area contributed by atoms with E-state index in [-0.39, 0.29) is 12.5 Å². The number of rotatable bonds is 5. The molecule has 0 aliphatic carbocycles. The molecule has 3 rings (SSSR count). The maximum absolute atomic E-state index is 12.1. The molecule has 5 heteroatoms. The predicted molar refractivity (Wildman–Crippen MR) is 104 cm³/mol. The van der Waals surface area contributed by atoms with E-state index < -0.39 is 0 Å². The van der Waals surface area contributed by atoms with E-state index in [9.17, 15) is 4.79 Å². The number of hydrogen-bond acceptors (Lipinski definition) is 3. The molecule has 0 aromatic heterocycles. The average molecular weight is 388 g/mol. The summed E-state index contributed by atoms with van der Waals surface area (Å²) in [5, 5.41) is 6.06. The number of halogens is 1. The van der Waals surface area contributed by atoms with Crippen molar-refractivity contribution in [2.24, 2.45) is 0 Å². The van der Waals surface area contributed by atoms with E-state index in [0.717, 1.165) is 28.9 Å². The molecule has 4 nitrogen and oxygen atoms in total. The zero-order valence-corrected chi connectivity index (χ0v) is 15.4. The third-order valence-corrected chi connectivity index (χ3v) is 5.10. The van der Waals surface area contributed by atoms with Gasteiger partial charge in [0.15, 0.2) is 0 Å². The number of aryl methyl sites for hydroxylation is 1. The molecule has 0 atom stereocenters. The van der Waals surface area contributed by atoms with Gasteiger partial charge in [-0.15, -0.1) is 0 Å². The van der Waals surface area contributed by atoms with Crippen molar-refractivity contribution in [1.82, 2.24) is 0 Å². The zero-order valence-electron chi connectivity index (χ0n) is 13.8. The molecule has 2 aromatic rings. The third-order valence-electron chi connectivity index (χ3n) is 4.25. The Labute approximate surface area is 151 Å². The van der Waals surface area contributed by atoms with E-state index in [2.05, 4.69) is 43.6 Å². The minimum absolute atomic E-state index is 0.0550. The highest BCUT2D eigenvalue weighted by atomic mass is 79.9. The molecule has 1 amide bonds. The fourth-order valence-corrected chi connectivity index (χ4v) is 3.20. The normalized spacial score (nSPS) is 13.8. The minimum Gasteiger partial charge on any atom is -0.376 e. The first-order chi connectivity index (χ1) is 11.6. The maximum atomic E-state index is 12.1. The van der Waals surface area contributed by atoms with Crippen LogP contribution >= 0.6 is 15.9 Å². The van der Waals surface area contributed by atoms with Crippen LogP contribution in [0.3, 0.4) is 0 Å². The van der Waals surface area contributed by atoms with Crippen LogP contribution in [0.5, 0.6) is 0 Å². The second-order valence-electron chi connectivity index (χ2n) is 6.11. The summed E-state index contributed by atoms with van der Waals surface area (Å²) in [7, 11) is 0. The number of anilines is 3. The van der Waals surface area contributed by atoms with Gasteiger partial charge in [0.2, 0.25) is 5.91 Å². The van der Waals surface area contributed by atoms with Gasteiger partial charge >= 0.3 is 0 Å². The van der Waals surface area contributed by atoms with Gasteiger partial charge in [-0.1, -0.05) is 22.0 Å². The summed E-state index contributed by atoms with van der Waals surface area (Å²) in [5.41, 5.74) is 4.15. The van der Waals surface area contributed by atoms with E-state index in [0.29, 0.717) is 0 Å². The molecule has 1 aliphatic heterocycles. The Morgan fingerprint density at radius 1 is 1.08 bits per heavy atom. The lowest BCUT2D eigenvalue weighted by Crippen LogP contribution is -2.22. The number of nitrogens with one attached hydrogen (secondary N) is 2. The monoisotopic (exact) mass is 387 g/mol. The van der Waals surface area contributed by atoms with Crippen LogP contribution in [0.1, 0.15) is 18.4 Å². The molecule has 126 valence electrons. The Balaban J connectivity index is 1.51. The van der Waals surface area contributed by atoms with E-state index >= 15 is 0 Å². The molecule has 0 unspecified atom stereocenters. The van der Waals surface area contributed by atoms with Crippen LogP contribution in [-0.2, 0) is 4.79 Å². The molecule has 0 spiro atoms. The lowest BCUT2D eigenvalue weighted by molar-refractivity contribution is -0.114. The van der Waals surface area contributed by atoms with Crippen molar-refractivity contribution in [1.29, 1.82) is 0 Å². The van der Waals surface area contributed by atoms with Crippen molar-refractivity contribution >= 4 is 38.9 Å². The highest BCUT2D eigenvalue weighted by Gasteiger charge is 2.12. The Morgan fingerprint density at radius 3 is 2.42 bits per heavy atom. The molecule has 1 heterocycles. The van der Waals surface area contributed by atoms with E-state index in [4.69, 9.17) is 0 Å². The molecule has 24 heavy (non-hydrogen) atoms. The summed E-state index contributed by atoms with van der Waals surface area (Å²) in [4.78, 5) is 14.5. The predicted octanol–water partition coefficient (Wildman–Crippen LogP) is 4.41. The van der Waals surface area contributed by atoms with E-state index in [1.54, 1.807) is 0 Å². The average Bonchev–Trinajstić information content (AvgIpc) is 3.11. The highest BCUT2D eigenvalue weighted by molar-refractivity contribution is 9.10. The first kappa shape index (κ1) is 16.8. The Hall–Kier alpha value is -2.01. The summed E-state index contributed by atoms with van der Waals surface area (Å²) < 4.78 is 1.03. The molecule has 0 saturated carbocycles. The van der Waals surface area contributed by atoms with Gasteiger partial charge in [0.05, 0.1) is 6.54 Å². The van der Waals surface area contributed by atoms with Gasteiger partial charge in [0.25, 0.3) is 0 Å². The van der Waals surface area contributed by atoms with Gasteiger partial charge < -0.3 is 15.5 Å². The number of nitrogens with zero attached hydrogens (tertiary/aromatic N) is 1. The minimum atomic E-state index is -0.0550. The maximum Gasteiger partial charge on any atom is 0.243 e. The van der Waals surface area contributed by atoms with Crippen LogP contribution in [0, 0.1) is 6.92 Å². The molecular formula is C19H22BrN3O. The Kier molecular flexibility index (Phi) is 5.41. The number of hydrogen-bond donors (Lipinski definition) is 2. The number of amides is 1. The lowest BCUT2D eigenvalue weighted by Gasteiger charge is -2.17. The molecular weight excluding hydrogens is 366 g/mol. The topological polar surface area (TPSA) is 44.4 Å². The quantitative estimate of drug-likeness (QED) is 0.798. The fraction of sp³-hybridized carbons (Fsp3) is 0.316. The number of carbonyl (C=O) groups is 1. The standard InChI is InChI=1S/C19H22BrN3O/c1-14-4-5-16(12-18(14)20)21-13-19(24)22-15-6-8-17(9-7-15)23-10-2-3-11-23/h4-9,12,21H,2-3,10-11,13H2,1H3,(H,22,24). The van der Waals surface area contributed by atoms with E-state index in [1.165, 1.54) is 24.1 Å². The molecule has 1 saturated heterocycles. The van der Waals surface area contributed by atoms with Crippen molar-refractivity contribution in [3.63, 3.8) is 0 Å². The summed E-state index contributed by atoms with van der Waals surface area (Å²) in [6.45, 7) is 4.53. The van der Waals surface area contributed by atoms with Crippen LogP contribution in [0.25, 0.3) is 0 Å². The summed E-state index contributed by atoms with van der Waals surface area (Å²) in [5.74, 6) is -0.0550. The van der Waals surface area contributed by atoms with Crippen molar-refractivity contribution in [3.05, 3.63) is 52.5 Å². The smallest absolute Gasteiger partial charge is 0.243 e. The van der Waals surface area contributed by atoms with Crippen molar-refractivity contribution in [2.45, 2.75) is 19.8 Å². The second kappa shape index (κ2) is 7.71. The molecule has 0 radical (unpaired) electrons. The Morgan fingerprint density at radius 2 is 1.75 bits per heavy atom. The van der Waals surface area contributed by atoms with Gasteiger partial charge in [-0.2, -0.15) is 0 Å². The van der Waals surface area contributed by atoms with Crippen LogP contribution in [0.15, 0.2) is 46.9 Å². The second-order valence-corrected chi connectivity index (χ2v) is 6.96. The van der Waals surface area contributed by atoms with Crippen molar-refractivity contribution in [3.8, 4) is 0 Å². The lowest BCUT2D eigenvalue weighted by atomic mass is 10.2. The molecule has 0 bridgehead atoms. The van der Waals surface area contributed by atoms with Crippen molar-refractivity contribution in [2.75, 3.05) is 35.2 Å². The largest absolute Gasteiger partial charge is 0.376 e. The van der Waals surface area contributed by atoms with Crippen LogP contribution in [0.2, 0.25) is 0 Å². The van der Waals surface area contributed by atoms with Gasteiger partial charge in [-0.25, -0.2) is 0 Å². The zero-order chi connectivity index (χ0) is 16.9. The third kappa shape index (κ3) is 4.29. The van der Waals surface area contributed by atoms with E-state index in [1.807, 2.05) is 37.3 Å². The summed E-state index contributed by atoms with van der Waals surface area (Å²) >= 11 is 3.50. The van der Waals surface area contributed by atoms with Gasteiger partial charge in [-0.3, -0.25) is 4.79 Å². The van der Waals surface area contributed by atoms with Crippen LogP contribution in [0.4, 0.5) is 17.1 Å². The van der Waals surface area contributed by atoms with Gasteiger partial charge in [-0.05, 0) is 61.7 Å². The number of benzene rings is 2. The van der Waals surface area contributed by atoms with Crippen LogP contribution < -0.4 is 15.5 Å². The number of carbonyl (C=O) groups excluding carboxylic acids is 1. The first-order valence-electron chi connectivity index (χ1n) is 8.27. The Bertz CT molecular complexity index is 709. The summed E-state index contributed by atoms with van der Waals surface area (Å²) in [6.07, 6.45) is 2.53.